The summed E-state index contributed by atoms with van der Waals surface area (Å²) in [5.41, 5.74) is 1.13. The number of methoxy groups -OCH3 is 1. The Morgan fingerprint density at radius 3 is 2.76 bits per heavy atom. The van der Waals surface area contributed by atoms with Crippen LogP contribution in [0.3, 0.4) is 0 Å². The number of thiophene rings is 1. The second-order valence-corrected chi connectivity index (χ2v) is 4.50. The zero-order valence-electron chi connectivity index (χ0n) is 10.0. The van der Waals surface area contributed by atoms with Crippen LogP contribution in [-0.2, 0) is 14.3 Å². The highest BCUT2D eigenvalue weighted by molar-refractivity contribution is 7.11. The summed E-state index contributed by atoms with van der Waals surface area (Å²) < 4.78 is 4.51. The van der Waals surface area contributed by atoms with Crippen LogP contribution in [0.15, 0.2) is 17.5 Å². The number of carbonyl (C=O) groups excluding carboxylic acids is 2. The average Bonchev–Trinajstić information content (AvgIpc) is 2.71. The predicted molar refractivity (Wildman–Crippen MR) is 67.7 cm³/mol. The standard InChI is InChI=1S/C12H15NO3S/c1-8-6-7-17-10(8)4-5-11(14)13-9(2)12(15)16-3/h4-7,9H,1-3H3,(H,13,14). The summed E-state index contributed by atoms with van der Waals surface area (Å²) >= 11 is 1.56. The zero-order chi connectivity index (χ0) is 12.8. The van der Waals surface area contributed by atoms with Crippen LogP contribution in [0.25, 0.3) is 6.08 Å². The van der Waals surface area contributed by atoms with Crippen molar-refractivity contribution in [3.8, 4) is 0 Å². The van der Waals surface area contributed by atoms with Gasteiger partial charge in [-0.05, 0) is 36.9 Å². The number of hydrogen-bond acceptors (Lipinski definition) is 4. The molecule has 5 heteroatoms. The van der Waals surface area contributed by atoms with Crippen LogP contribution in [0.2, 0.25) is 0 Å². The lowest BCUT2D eigenvalue weighted by Gasteiger charge is -2.09. The molecule has 0 aromatic carbocycles. The molecule has 0 radical (unpaired) electrons. The minimum atomic E-state index is -0.637. The third-order valence-corrected chi connectivity index (χ3v) is 3.19. The second kappa shape index (κ2) is 6.20. The largest absolute Gasteiger partial charge is 0.467 e. The zero-order valence-corrected chi connectivity index (χ0v) is 10.8. The number of carbonyl (C=O) groups is 2. The van der Waals surface area contributed by atoms with E-state index in [0.29, 0.717) is 0 Å². The maximum atomic E-state index is 11.5. The highest BCUT2D eigenvalue weighted by Crippen LogP contribution is 2.16. The molecule has 0 aliphatic rings. The van der Waals surface area contributed by atoms with Gasteiger partial charge in [0, 0.05) is 11.0 Å². The molecule has 0 aliphatic carbocycles. The van der Waals surface area contributed by atoms with Gasteiger partial charge in [-0.15, -0.1) is 11.3 Å². The van der Waals surface area contributed by atoms with E-state index in [1.165, 1.54) is 13.2 Å². The van der Waals surface area contributed by atoms with Crippen molar-refractivity contribution in [3.05, 3.63) is 28.0 Å². The molecule has 1 aromatic rings. The molecule has 1 unspecified atom stereocenters. The van der Waals surface area contributed by atoms with E-state index in [1.807, 2.05) is 18.4 Å². The minimum Gasteiger partial charge on any atom is -0.467 e. The van der Waals surface area contributed by atoms with Crippen LogP contribution < -0.4 is 5.32 Å². The first-order valence-electron chi connectivity index (χ1n) is 5.15. The van der Waals surface area contributed by atoms with Crippen molar-refractivity contribution < 1.29 is 14.3 Å². The Bertz CT molecular complexity index is 437. The fourth-order valence-corrected chi connectivity index (χ4v) is 2.02. The van der Waals surface area contributed by atoms with E-state index in [9.17, 15) is 9.59 Å². The van der Waals surface area contributed by atoms with Gasteiger partial charge in [-0.3, -0.25) is 4.79 Å². The number of amides is 1. The topological polar surface area (TPSA) is 55.4 Å². The van der Waals surface area contributed by atoms with Gasteiger partial charge in [0.15, 0.2) is 0 Å². The summed E-state index contributed by atoms with van der Waals surface area (Å²) in [6.07, 6.45) is 3.15. The van der Waals surface area contributed by atoms with E-state index < -0.39 is 12.0 Å². The highest BCUT2D eigenvalue weighted by Gasteiger charge is 2.13. The van der Waals surface area contributed by atoms with Gasteiger partial charge in [-0.1, -0.05) is 0 Å². The molecule has 1 amide bonds. The fraction of sp³-hybridized carbons (Fsp3) is 0.333. The molecule has 1 atom stereocenters. The Morgan fingerprint density at radius 2 is 2.24 bits per heavy atom. The summed E-state index contributed by atoms with van der Waals surface area (Å²) in [6, 6.07) is 1.35. The summed E-state index contributed by atoms with van der Waals surface area (Å²) in [6.45, 7) is 3.55. The molecule has 92 valence electrons. The molecule has 4 nitrogen and oxygen atoms in total. The van der Waals surface area contributed by atoms with Crippen LogP contribution in [0, 0.1) is 6.92 Å². The maximum absolute atomic E-state index is 11.5. The molecule has 0 spiro atoms. The number of ether oxygens (including phenoxy) is 1. The van der Waals surface area contributed by atoms with Gasteiger partial charge in [0.2, 0.25) is 5.91 Å². The summed E-state index contributed by atoms with van der Waals surface area (Å²) in [5.74, 6) is -0.769. The van der Waals surface area contributed by atoms with Gasteiger partial charge in [0.05, 0.1) is 7.11 Å². The molecule has 0 saturated carbocycles. The lowest BCUT2D eigenvalue weighted by Crippen LogP contribution is -2.38. The number of aryl methyl sites for hydroxylation is 1. The van der Waals surface area contributed by atoms with E-state index >= 15 is 0 Å². The van der Waals surface area contributed by atoms with Gasteiger partial charge in [0.1, 0.15) is 6.04 Å². The van der Waals surface area contributed by atoms with Gasteiger partial charge >= 0.3 is 5.97 Å². The lowest BCUT2D eigenvalue weighted by atomic mass is 10.2. The SMILES string of the molecule is COC(=O)C(C)NC(=O)C=Cc1sccc1C. The summed E-state index contributed by atoms with van der Waals surface area (Å²) in [4.78, 5) is 23.6. The monoisotopic (exact) mass is 253 g/mol. The van der Waals surface area contributed by atoms with Gasteiger partial charge < -0.3 is 10.1 Å². The molecule has 1 heterocycles. The van der Waals surface area contributed by atoms with Crippen molar-refractivity contribution in [1.82, 2.24) is 5.32 Å². The van der Waals surface area contributed by atoms with Crippen LogP contribution in [0.4, 0.5) is 0 Å². The van der Waals surface area contributed by atoms with E-state index in [0.717, 1.165) is 10.4 Å². The van der Waals surface area contributed by atoms with E-state index in [2.05, 4.69) is 10.1 Å². The van der Waals surface area contributed by atoms with Crippen molar-refractivity contribution in [2.45, 2.75) is 19.9 Å². The average molecular weight is 253 g/mol. The summed E-state index contributed by atoms with van der Waals surface area (Å²) in [7, 11) is 1.29. The van der Waals surface area contributed by atoms with Gasteiger partial charge in [-0.25, -0.2) is 4.79 Å². The molecule has 0 fully saturated rings. The Morgan fingerprint density at radius 1 is 1.53 bits per heavy atom. The second-order valence-electron chi connectivity index (χ2n) is 3.55. The first-order valence-corrected chi connectivity index (χ1v) is 6.03. The number of rotatable bonds is 4. The number of hydrogen-bond donors (Lipinski definition) is 1. The molecule has 1 aromatic heterocycles. The number of nitrogens with one attached hydrogen (secondary N) is 1. The van der Waals surface area contributed by atoms with Crippen molar-refractivity contribution in [1.29, 1.82) is 0 Å². The molecule has 1 N–H and O–H groups in total. The van der Waals surface area contributed by atoms with Crippen molar-refractivity contribution in [2.24, 2.45) is 0 Å². The minimum absolute atomic E-state index is 0.310. The molecular weight excluding hydrogens is 238 g/mol. The van der Waals surface area contributed by atoms with Crippen LogP contribution >= 0.6 is 11.3 Å². The van der Waals surface area contributed by atoms with E-state index in [1.54, 1.807) is 24.3 Å². The first-order chi connectivity index (χ1) is 8.04. The lowest BCUT2D eigenvalue weighted by molar-refractivity contribution is -0.144. The van der Waals surface area contributed by atoms with Crippen molar-refractivity contribution in [2.75, 3.05) is 7.11 Å². The van der Waals surface area contributed by atoms with Crippen molar-refractivity contribution in [3.63, 3.8) is 0 Å². The number of esters is 1. The Labute approximate surface area is 104 Å². The van der Waals surface area contributed by atoms with E-state index in [-0.39, 0.29) is 5.91 Å². The van der Waals surface area contributed by atoms with Crippen LogP contribution in [0.1, 0.15) is 17.4 Å². The molecule has 0 bridgehead atoms. The normalized spacial score (nSPS) is 12.4. The first kappa shape index (κ1) is 13.4. The van der Waals surface area contributed by atoms with E-state index in [4.69, 9.17) is 0 Å². The van der Waals surface area contributed by atoms with Crippen molar-refractivity contribution >= 4 is 29.3 Å². The Hall–Kier alpha value is -1.62. The summed E-state index contributed by atoms with van der Waals surface area (Å²) in [5, 5.41) is 4.48. The quantitative estimate of drug-likeness (QED) is 0.657. The fourth-order valence-electron chi connectivity index (χ4n) is 1.20. The Balaban J connectivity index is 2.53. The maximum Gasteiger partial charge on any atom is 0.328 e. The smallest absolute Gasteiger partial charge is 0.328 e. The molecule has 1 rings (SSSR count). The third-order valence-electron chi connectivity index (χ3n) is 2.20. The third kappa shape index (κ3) is 4.03. The van der Waals surface area contributed by atoms with Crippen LogP contribution in [0.5, 0.6) is 0 Å². The molecule has 0 aliphatic heterocycles. The molecule has 0 saturated heterocycles. The van der Waals surface area contributed by atoms with Crippen LogP contribution in [-0.4, -0.2) is 25.0 Å². The molecule has 17 heavy (non-hydrogen) atoms. The van der Waals surface area contributed by atoms with Gasteiger partial charge in [-0.2, -0.15) is 0 Å². The van der Waals surface area contributed by atoms with Gasteiger partial charge in [0.25, 0.3) is 0 Å². The Kier molecular flexibility index (Phi) is 4.90. The highest BCUT2D eigenvalue weighted by atomic mass is 32.1. The predicted octanol–water partition coefficient (Wildman–Crippen LogP) is 1.75. The molecular formula is C12H15NO3S.